The Morgan fingerprint density at radius 1 is 1.12 bits per heavy atom. The molecular formula is C14H18N2O. The predicted octanol–water partition coefficient (Wildman–Crippen LogP) is 1.89. The quantitative estimate of drug-likeness (QED) is 0.735. The summed E-state index contributed by atoms with van der Waals surface area (Å²) in [5.41, 5.74) is 1.06. The lowest BCUT2D eigenvalue weighted by Gasteiger charge is -2.39. The van der Waals surface area contributed by atoms with Crippen LogP contribution in [-0.2, 0) is 4.79 Å². The molecule has 1 aromatic rings. The summed E-state index contributed by atoms with van der Waals surface area (Å²) in [5, 5.41) is 0. The molecule has 3 heteroatoms. The first-order valence-electron chi connectivity index (χ1n) is 6.35. The maximum Gasteiger partial charge on any atom is 0.227 e. The van der Waals surface area contributed by atoms with Crippen molar-refractivity contribution in [3.63, 3.8) is 0 Å². The van der Waals surface area contributed by atoms with Crippen molar-refractivity contribution in [3.05, 3.63) is 30.3 Å². The van der Waals surface area contributed by atoms with E-state index in [0.717, 1.165) is 25.1 Å². The van der Waals surface area contributed by atoms with E-state index >= 15 is 0 Å². The number of carbonyl (C=O) groups excluding carboxylic acids is 1. The molecule has 2 heterocycles. The Balaban J connectivity index is 1.94. The second-order valence-corrected chi connectivity index (χ2v) is 5.04. The Morgan fingerprint density at radius 2 is 1.88 bits per heavy atom. The van der Waals surface area contributed by atoms with Gasteiger partial charge in [-0.2, -0.15) is 0 Å². The van der Waals surface area contributed by atoms with Gasteiger partial charge in [0.2, 0.25) is 5.91 Å². The molecule has 2 aliphatic rings. The number of hydrogen-bond acceptors (Lipinski definition) is 2. The molecule has 2 saturated heterocycles. The minimum Gasteiger partial charge on any atom is -0.308 e. The van der Waals surface area contributed by atoms with Crippen molar-refractivity contribution in [3.8, 4) is 0 Å². The number of nitrogens with zero attached hydrogens (tertiary/aromatic N) is 2. The highest BCUT2D eigenvalue weighted by Crippen LogP contribution is 2.33. The molecule has 3 nitrogen and oxygen atoms in total. The first kappa shape index (κ1) is 10.8. The van der Waals surface area contributed by atoms with Gasteiger partial charge in [0, 0.05) is 24.7 Å². The fraction of sp³-hybridized carbons (Fsp3) is 0.500. The van der Waals surface area contributed by atoms with Crippen molar-refractivity contribution in [1.29, 1.82) is 0 Å². The molecule has 0 saturated carbocycles. The van der Waals surface area contributed by atoms with Gasteiger partial charge in [0.15, 0.2) is 0 Å². The van der Waals surface area contributed by atoms with Crippen molar-refractivity contribution in [2.45, 2.75) is 31.3 Å². The highest BCUT2D eigenvalue weighted by atomic mass is 16.2. The maximum atomic E-state index is 12.2. The summed E-state index contributed by atoms with van der Waals surface area (Å²) in [6.07, 6.45) is 2.80. The first-order valence-corrected chi connectivity index (χ1v) is 6.35. The van der Waals surface area contributed by atoms with Crippen LogP contribution in [0.2, 0.25) is 0 Å². The normalized spacial score (nSPS) is 29.5. The van der Waals surface area contributed by atoms with Gasteiger partial charge in [0.1, 0.15) is 0 Å². The number of fused-ring (bicyclic) bond motifs is 1. The number of hydrogen-bond donors (Lipinski definition) is 0. The molecule has 3 rings (SSSR count). The minimum atomic E-state index is 0.285. The molecule has 1 aromatic carbocycles. The van der Waals surface area contributed by atoms with E-state index in [1.807, 2.05) is 35.2 Å². The average molecular weight is 230 g/mol. The first-order chi connectivity index (χ1) is 8.27. The van der Waals surface area contributed by atoms with Crippen LogP contribution in [0, 0.1) is 0 Å². The highest BCUT2D eigenvalue weighted by Gasteiger charge is 2.42. The molecule has 2 aliphatic heterocycles. The number of rotatable bonds is 1. The fourth-order valence-electron chi connectivity index (χ4n) is 3.20. The molecule has 1 amide bonds. The van der Waals surface area contributed by atoms with Crippen LogP contribution in [0.15, 0.2) is 30.3 Å². The zero-order chi connectivity index (χ0) is 11.8. The highest BCUT2D eigenvalue weighted by molar-refractivity contribution is 5.95. The van der Waals surface area contributed by atoms with Crippen molar-refractivity contribution in [1.82, 2.24) is 4.90 Å². The Hall–Kier alpha value is -1.35. The lowest BCUT2D eigenvalue weighted by Crippen LogP contribution is -2.51. The molecule has 0 N–H and O–H groups in total. The Kier molecular flexibility index (Phi) is 2.63. The van der Waals surface area contributed by atoms with Crippen LogP contribution in [0.4, 0.5) is 5.69 Å². The van der Waals surface area contributed by atoms with E-state index in [4.69, 9.17) is 0 Å². The number of likely N-dealkylation sites (tertiary alicyclic amines) is 1. The van der Waals surface area contributed by atoms with E-state index in [9.17, 15) is 4.79 Å². The molecule has 17 heavy (non-hydrogen) atoms. The van der Waals surface area contributed by atoms with E-state index in [2.05, 4.69) is 11.9 Å². The van der Waals surface area contributed by atoms with Crippen molar-refractivity contribution in [2.75, 3.05) is 18.5 Å². The lowest BCUT2D eigenvalue weighted by molar-refractivity contribution is -0.120. The molecule has 2 atom stereocenters. The number of para-hydroxylation sites is 1. The monoisotopic (exact) mass is 230 g/mol. The van der Waals surface area contributed by atoms with Gasteiger partial charge >= 0.3 is 0 Å². The number of benzene rings is 1. The van der Waals surface area contributed by atoms with Crippen LogP contribution in [0.1, 0.15) is 19.3 Å². The van der Waals surface area contributed by atoms with Gasteiger partial charge in [-0.15, -0.1) is 0 Å². The lowest BCUT2D eigenvalue weighted by atomic mass is 9.95. The van der Waals surface area contributed by atoms with Gasteiger partial charge in [0.25, 0.3) is 0 Å². The molecule has 0 aliphatic carbocycles. The summed E-state index contributed by atoms with van der Waals surface area (Å²) >= 11 is 0. The van der Waals surface area contributed by atoms with Gasteiger partial charge in [0.05, 0.1) is 6.04 Å². The smallest absolute Gasteiger partial charge is 0.227 e. The van der Waals surface area contributed by atoms with Crippen LogP contribution in [0.3, 0.4) is 0 Å². The molecule has 90 valence electrons. The van der Waals surface area contributed by atoms with Crippen LogP contribution in [0.25, 0.3) is 0 Å². The number of amides is 1. The molecule has 0 spiro atoms. The van der Waals surface area contributed by atoms with Crippen LogP contribution in [-0.4, -0.2) is 36.5 Å². The third-order valence-electron chi connectivity index (χ3n) is 4.08. The van der Waals surface area contributed by atoms with E-state index < -0.39 is 0 Å². The zero-order valence-electron chi connectivity index (χ0n) is 10.2. The Bertz CT molecular complexity index is 417. The largest absolute Gasteiger partial charge is 0.308 e. The van der Waals surface area contributed by atoms with Crippen LogP contribution >= 0.6 is 0 Å². The van der Waals surface area contributed by atoms with Gasteiger partial charge in [-0.25, -0.2) is 0 Å². The number of carbonyl (C=O) groups is 1. The standard InChI is InChI=1S/C14H18N2O/c1-15-10-9-13-12(15)7-8-14(17)16(13)11-5-3-2-4-6-11/h2-6,12-13H,7-10H2,1H3/t12-,13-/m1/s1. The number of anilines is 1. The van der Waals surface area contributed by atoms with E-state index in [1.165, 1.54) is 0 Å². The molecule has 2 fully saturated rings. The van der Waals surface area contributed by atoms with Crippen molar-refractivity contribution >= 4 is 11.6 Å². The maximum absolute atomic E-state index is 12.2. The molecular weight excluding hydrogens is 212 g/mol. The van der Waals surface area contributed by atoms with Gasteiger partial charge < -0.3 is 9.80 Å². The Labute approximate surface area is 102 Å². The number of likely N-dealkylation sites (N-methyl/N-ethyl adjacent to an activating group) is 1. The summed E-state index contributed by atoms with van der Waals surface area (Å²) in [6, 6.07) is 11.0. The van der Waals surface area contributed by atoms with E-state index in [1.54, 1.807) is 0 Å². The third kappa shape index (κ3) is 1.75. The molecule has 0 bridgehead atoms. The summed E-state index contributed by atoms with van der Waals surface area (Å²) in [5.74, 6) is 0.285. The van der Waals surface area contributed by atoms with Crippen molar-refractivity contribution in [2.24, 2.45) is 0 Å². The fourth-order valence-corrected chi connectivity index (χ4v) is 3.20. The second-order valence-electron chi connectivity index (χ2n) is 5.04. The molecule has 0 aromatic heterocycles. The summed E-state index contributed by atoms with van der Waals surface area (Å²) in [4.78, 5) is 16.6. The molecule has 0 radical (unpaired) electrons. The van der Waals surface area contributed by atoms with Gasteiger partial charge in [-0.1, -0.05) is 18.2 Å². The number of piperidine rings is 1. The van der Waals surface area contributed by atoms with E-state index in [0.29, 0.717) is 18.5 Å². The van der Waals surface area contributed by atoms with Crippen LogP contribution in [0.5, 0.6) is 0 Å². The molecule has 0 unspecified atom stereocenters. The topological polar surface area (TPSA) is 23.6 Å². The second kappa shape index (κ2) is 4.15. The van der Waals surface area contributed by atoms with E-state index in [-0.39, 0.29) is 5.91 Å². The average Bonchev–Trinajstić information content (AvgIpc) is 2.72. The zero-order valence-corrected chi connectivity index (χ0v) is 10.2. The SMILES string of the molecule is CN1CC[C@@H]2[C@H]1CCC(=O)N2c1ccccc1. The van der Waals surface area contributed by atoms with Gasteiger partial charge in [-0.05, 0) is 32.0 Å². The predicted molar refractivity (Wildman–Crippen MR) is 68.0 cm³/mol. The summed E-state index contributed by atoms with van der Waals surface area (Å²) < 4.78 is 0. The van der Waals surface area contributed by atoms with Gasteiger partial charge in [-0.3, -0.25) is 4.79 Å². The summed E-state index contributed by atoms with van der Waals surface area (Å²) in [6.45, 7) is 1.10. The van der Waals surface area contributed by atoms with Crippen LogP contribution < -0.4 is 4.90 Å². The third-order valence-corrected chi connectivity index (χ3v) is 4.08. The van der Waals surface area contributed by atoms with Crippen molar-refractivity contribution < 1.29 is 4.79 Å². The minimum absolute atomic E-state index is 0.285. The summed E-state index contributed by atoms with van der Waals surface area (Å²) in [7, 11) is 2.17. The Morgan fingerprint density at radius 3 is 2.65 bits per heavy atom.